The zero-order chi connectivity index (χ0) is 48.9. The lowest BCUT2D eigenvalue weighted by atomic mass is 10.0. The normalized spacial score (nSPS) is 12.0. The second-order valence-corrected chi connectivity index (χ2v) is 28.5. The molecule has 0 spiro atoms. The van der Waals surface area contributed by atoms with Crippen molar-refractivity contribution >= 4 is 98.4 Å². The molecule has 0 aliphatic carbocycles. The zero-order valence-corrected chi connectivity index (χ0v) is 42.5. The largest absolute Gasteiger partial charge is 0.309 e. The second kappa shape index (κ2) is 20.4. The summed E-state index contributed by atoms with van der Waals surface area (Å²) in [6.07, 6.45) is 0. The van der Waals surface area contributed by atoms with Gasteiger partial charge < -0.3 is 13.7 Å². The van der Waals surface area contributed by atoms with Gasteiger partial charge in [0.05, 0.1) is 7.11 Å². The first-order valence-corrected chi connectivity index (χ1v) is 30.1. The first-order valence-electron chi connectivity index (χ1n) is 23.3. The Bertz CT molecular complexity index is 3320. The van der Waals surface area contributed by atoms with E-state index in [2.05, 4.69) is 0 Å². The van der Waals surface area contributed by atoms with Crippen molar-refractivity contribution in [1.82, 2.24) is 0 Å². The Morgan fingerprint density at radius 2 is 0.535 bits per heavy atom. The zero-order valence-electron chi connectivity index (χ0n) is 38.9. The SMILES string of the molecule is CO[P+](c1ccccc1)(c1ccccc1)c1cc(C(=O)c2cc(P(=O)(c3ccccc3)c3ccccc3)cc(P(=O)(c3ccccc3)c3ccccc3)c2)cc(P(=O)(c2ccccc2)c2ccccc2)c1. The molecule has 0 saturated heterocycles. The van der Waals surface area contributed by atoms with E-state index in [0.717, 1.165) is 10.6 Å². The number of rotatable bonds is 15. The average molecular weight is 998 g/mol. The predicted octanol–water partition coefficient (Wildman–Crippen LogP) is 9.69. The fourth-order valence-corrected chi connectivity index (χ4v) is 21.3. The highest BCUT2D eigenvalue weighted by Crippen LogP contribution is 2.56. The van der Waals surface area contributed by atoms with E-state index >= 15 is 18.5 Å². The van der Waals surface area contributed by atoms with Crippen molar-refractivity contribution in [1.29, 1.82) is 0 Å². The van der Waals surface area contributed by atoms with Crippen molar-refractivity contribution in [2.45, 2.75) is 0 Å². The standard InChI is InChI=1S/C62H49O5P4/c1-67-71(56-38-22-8-23-39-56,57-40-24-9-25-41-57)61-45-49(44-60(47-61)70(66,54-34-18-6-19-35-54)55-36-20-7-21-37-55)62(63)48-42-58(68(64,50-26-10-2-11-27-50)51-28-12-3-13-29-51)46-59(43-48)69(65,52-30-14-4-15-31-52)53-32-16-5-17-33-53/h2-47H,1H3/q+1. The van der Waals surface area contributed by atoms with Gasteiger partial charge in [-0.1, -0.05) is 218 Å². The summed E-state index contributed by atoms with van der Waals surface area (Å²) in [5.41, 5.74) is 0.416. The Hall–Kier alpha value is -7.05. The molecule has 0 amide bonds. The maximum absolute atomic E-state index is 16.6. The molecular formula is C62H49O5P4+. The first-order chi connectivity index (χ1) is 34.7. The van der Waals surface area contributed by atoms with Crippen LogP contribution in [-0.4, -0.2) is 12.9 Å². The monoisotopic (exact) mass is 997 g/mol. The number of ketones is 1. The lowest BCUT2D eigenvalue weighted by Crippen LogP contribution is -2.36. The van der Waals surface area contributed by atoms with Gasteiger partial charge in [0.25, 0.3) is 0 Å². The Morgan fingerprint density at radius 1 is 0.296 bits per heavy atom. The minimum Gasteiger partial charge on any atom is -0.309 e. The predicted molar refractivity (Wildman–Crippen MR) is 300 cm³/mol. The number of hydrogen-bond donors (Lipinski definition) is 0. The maximum Gasteiger partial charge on any atom is 0.241 e. The molecule has 10 rings (SSSR count). The molecule has 346 valence electrons. The van der Waals surface area contributed by atoms with Crippen molar-refractivity contribution in [3.8, 4) is 0 Å². The van der Waals surface area contributed by atoms with Gasteiger partial charge in [0.1, 0.15) is 15.9 Å². The molecule has 0 aliphatic rings. The summed E-state index contributed by atoms with van der Waals surface area (Å²) in [5, 5.41) is 7.09. The van der Waals surface area contributed by atoms with Crippen molar-refractivity contribution in [2.24, 2.45) is 0 Å². The van der Waals surface area contributed by atoms with E-state index in [-0.39, 0.29) is 11.1 Å². The molecule has 0 radical (unpaired) electrons. The summed E-state index contributed by atoms with van der Waals surface area (Å²) < 4.78 is 56.4. The molecule has 0 bridgehead atoms. The van der Waals surface area contributed by atoms with Gasteiger partial charge in [-0.3, -0.25) is 4.79 Å². The minimum atomic E-state index is -3.78. The maximum atomic E-state index is 16.6. The molecule has 0 heterocycles. The van der Waals surface area contributed by atoms with Crippen LogP contribution in [0.25, 0.3) is 0 Å². The molecular weight excluding hydrogens is 949 g/mol. The van der Waals surface area contributed by atoms with Crippen LogP contribution in [0, 0.1) is 0 Å². The van der Waals surface area contributed by atoms with Crippen molar-refractivity contribution in [2.75, 3.05) is 7.11 Å². The first kappa shape index (κ1) is 47.6. The molecule has 0 unspecified atom stereocenters. The minimum absolute atomic E-state index is 0.176. The highest BCUT2D eigenvalue weighted by Gasteiger charge is 2.49. The van der Waals surface area contributed by atoms with E-state index in [9.17, 15) is 0 Å². The number of hydrogen-bond acceptors (Lipinski definition) is 5. The molecule has 0 N–H and O–H groups in total. The van der Waals surface area contributed by atoms with Crippen LogP contribution in [-0.2, 0) is 18.2 Å². The quantitative estimate of drug-likeness (QED) is 0.0756. The van der Waals surface area contributed by atoms with Crippen LogP contribution in [0.15, 0.2) is 279 Å². The van der Waals surface area contributed by atoms with E-state index < -0.39 is 34.7 Å². The van der Waals surface area contributed by atoms with Crippen LogP contribution >= 0.6 is 28.9 Å². The van der Waals surface area contributed by atoms with Crippen LogP contribution < -0.4 is 63.7 Å². The Kier molecular flexibility index (Phi) is 13.7. The fraction of sp³-hybridized carbons (Fsp3) is 0.0161. The van der Waals surface area contributed by atoms with Crippen LogP contribution in [0.4, 0.5) is 0 Å². The third-order valence-corrected chi connectivity index (χ3v) is 25.7. The van der Waals surface area contributed by atoms with E-state index in [0.29, 0.717) is 53.0 Å². The molecule has 0 atom stereocenters. The third kappa shape index (κ3) is 8.70. The van der Waals surface area contributed by atoms with Crippen LogP contribution in [0.1, 0.15) is 15.9 Å². The number of benzene rings is 10. The molecule has 0 saturated carbocycles. The molecule has 0 aliphatic heterocycles. The van der Waals surface area contributed by atoms with E-state index in [1.807, 2.05) is 255 Å². The smallest absolute Gasteiger partial charge is 0.241 e. The number of carbonyl (C=O) groups is 1. The van der Waals surface area contributed by atoms with Gasteiger partial charge in [-0.2, -0.15) is 0 Å². The topological polar surface area (TPSA) is 77.5 Å². The molecule has 0 fully saturated rings. The van der Waals surface area contributed by atoms with Crippen molar-refractivity contribution < 1.29 is 23.0 Å². The van der Waals surface area contributed by atoms with Gasteiger partial charge in [0, 0.05) is 58.9 Å². The van der Waals surface area contributed by atoms with Crippen LogP contribution in [0.3, 0.4) is 0 Å². The van der Waals surface area contributed by atoms with Crippen LogP contribution in [0.2, 0.25) is 0 Å². The van der Waals surface area contributed by atoms with E-state index in [1.165, 1.54) is 0 Å². The fourth-order valence-electron chi connectivity index (χ4n) is 9.55. The van der Waals surface area contributed by atoms with Gasteiger partial charge in [0.15, 0.2) is 27.2 Å². The van der Waals surface area contributed by atoms with Gasteiger partial charge in [-0.15, -0.1) is 0 Å². The van der Waals surface area contributed by atoms with E-state index in [4.69, 9.17) is 4.52 Å². The summed E-state index contributed by atoms with van der Waals surface area (Å²) in [7, 11) is -12.7. The number of carbonyl (C=O) groups excluding carboxylic acids is 1. The van der Waals surface area contributed by atoms with E-state index in [1.54, 1.807) is 31.4 Å². The molecule has 9 heteroatoms. The summed E-state index contributed by atoms with van der Waals surface area (Å²) in [6, 6.07) is 86.7. The molecule has 0 aromatic heterocycles. The Balaban J connectivity index is 1.31. The highest BCUT2D eigenvalue weighted by molar-refractivity contribution is 7.92. The molecule has 10 aromatic carbocycles. The van der Waals surface area contributed by atoms with Gasteiger partial charge in [-0.05, 0) is 60.7 Å². The lowest BCUT2D eigenvalue weighted by Gasteiger charge is -2.27. The third-order valence-electron chi connectivity index (χ3n) is 13.0. The van der Waals surface area contributed by atoms with Crippen molar-refractivity contribution in [3.63, 3.8) is 0 Å². The average Bonchev–Trinajstić information content (AvgIpc) is 3.46. The summed E-state index contributed by atoms with van der Waals surface area (Å²) >= 11 is 0. The highest BCUT2D eigenvalue weighted by atomic mass is 31.2. The molecule has 5 nitrogen and oxygen atoms in total. The summed E-state index contributed by atoms with van der Waals surface area (Å²) in [6.45, 7) is 0. The Morgan fingerprint density at radius 3 is 0.803 bits per heavy atom. The summed E-state index contributed by atoms with van der Waals surface area (Å²) in [5.74, 6) is -0.431. The molecule has 10 aromatic rings. The lowest BCUT2D eigenvalue weighted by molar-refractivity contribution is 0.103. The van der Waals surface area contributed by atoms with Gasteiger partial charge in [-0.25, -0.2) is 4.52 Å². The molecule has 71 heavy (non-hydrogen) atoms. The van der Waals surface area contributed by atoms with Crippen molar-refractivity contribution in [3.05, 3.63) is 290 Å². The van der Waals surface area contributed by atoms with Gasteiger partial charge >= 0.3 is 0 Å². The second-order valence-electron chi connectivity index (χ2n) is 17.1. The van der Waals surface area contributed by atoms with Gasteiger partial charge in [0.2, 0.25) is 7.49 Å². The Labute approximate surface area is 416 Å². The van der Waals surface area contributed by atoms with Crippen LogP contribution in [0.5, 0.6) is 0 Å². The summed E-state index contributed by atoms with van der Waals surface area (Å²) in [4.78, 5) is 16.2.